The van der Waals surface area contributed by atoms with E-state index in [9.17, 15) is 0 Å². The molecule has 1 aliphatic heterocycles. The van der Waals surface area contributed by atoms with Crippen LogP contribution < -0.4 is 4.74 Å². The Morgan fingerprint density at radius 1 is 1.42 bits per heavy atom. The highest BCUT2D eigenvalue weighted by molar-refractivity contribution is 7.71. The predicted molar refractivity (Wildman–Crippen MR) is 107 cm³/mol. The summed E-state index contributed by atoms with van der Waals surface area (Å²) < 4.78 is 7.87. The lowest BCUT2D eigenvalue weighted by Crippen LogP contribution is -2.26. The van der Waals surface area contributed by atoms with Gasteiger partial charge in [0.05, 0.1) is 19.3 Å². The normalized spacial score (nSPS) is 17.7. The van der Waals surface area contributed by atoms with E-state index in [4.69, 9.17) is 28.6 Å². The van der Waals surface area contributed by atoms with Crippen LogP contribution in [0, 0.1) is 4.77 Å². The number of nitrogens with zero attached hydrogens (tertiary/aromatic N) is 3. The van der Waals surface area contributed by atoms with Gasteiger partial charge in [-0.3, -0.25) is 10.00 Å². The van der Waals surface area contributed by atoms with Crippen molar-refractivity contribution in [3.63, 3.8) is 0 Å². The molecule has 1 aromatic carbocycles. The van der Waals surface area contributed by atoms with E-state index in [0.29, 0.717) is 34.1 Å². The van der Waals surface area contributed by atoms with Gasteiger partial charge in [-0.05, 0) is 54.7 Å². The number of methoxy groups -OCH3 is 1. The van der Waals surface area contributed by atoms with Crippen LogP contribution >= 0.6 is 35.2 Å². The van der Waals surface area contributed by atoms with Gasteiger partial charge in [-0.25, -0.2) is 4.68 Å². The zero-order valence-corrected chi connectivity index (χ0v) is 16.7. The summed E-state index contributed by atoms with van der Waals surface area (Å²) in [5.74, 6) is 1.38. The summed E-state index contributed by atoms with van der Waals surface area (Å²) in [5, 5.41) is 6.08. The molecule has 0 bridgehead atoms. The molecule has 3 aromatic rings. The molecule has 0 spiro atoms. The largest absolute Gasteiger partial charge is 0.496 e. The number of thiophene rings is 1. The maximum absolute atomic E-state index is 6.15. The Labute approximate surface area is 166 Å². The second-order valence-corrected chi connectivity index (χ2v) is 8.04. The summed E-state index contributed by atoms with van der Waals surface area (Å²) in [6.45, 7) is 1.75. The van der Waals surface area contributed by atoms with Gasteiger partial charge in [-0.1, -0.05) is 17.7 Å². The molecular weight excluding hydrogens is 388 g/mol. The van der Waals surface area contributed by atoms with Gasteiger partial charge >= 0.3 is 0 Å². The lowest BCUT2D eigenvalue weighted by atomic mass is 10.2. The molecule has 1 fully saturated rings. The number of aromatic amines is 1. The van der Waals surface area contributed by atoms with Crippen molar-refractivity contribution in [1.29, 1.82) is 0 Å². The highest BCUT2D eigenvalue weighted by Crippen LogP contribution is 2.35. The first-order valence-corrected chi connectivity index (χ1v) is 10.1. The molecule has 0 aliphatic carbocycles. The van der Waals surface area contributed by atoms with Gasteiger partial charge in [0.2, 0.25) is 4.77 Å². The topological polar surface area (TPSA) is 46.1 Å². The number of aromatic nitrogens is 3. The minimum absolute atomic E-state index is 0.448. The van der Waals surface area contributed by atoms with E-state index in [1.165, 1.54) is 17.7 Å². The molecule has 4 rings (SSSR count). The molecule has 0 unspecified atom stereocenters. The summed E-state index contributed by atoms with van der Waals surface area (Å²) in [6.07, 6.45) is 2.37. The number of hydrogen-bond donors (Lipinski definition) is 1. The Bertz CT molecular complexity index is 951. The van der Waals surface area contributed by atoms with Gasteiger partial charge in [-0.2, -0.15) is 4.98 Å². The first-order valence-electron chi connectivity index (χ1n) is 8.44. The van der Waals surface area contributed by atoms with Gasteiger partial charge in [0.1, 0.15) is 5.75 Å². The molecule has 3 heterocycles. The van der Waals surface area contributed by atoms with E-state index < -0.39 is 0 Å². The van der Waals surface area contributed by atoms with Gasteiger partial charge in [0, 0.05) is 22.5 Å². The van der Waals surface area contributed by atoms with Crippen molar-refractivity contribution in [1.82, 2.24) is 19.7 Å². The highest BCUT2D eigenvalue weighted by atomic mass is 35.5. The summed E-state index contributed by atoms with van der Waals surface area (Å²) >= 11 is 13.4. The van der Waals surface area contributed by atoms with Gasteiger partial charge in [0.25, 0.3) is 0 Å². The van der Waals surface area contributed by atoms with E-state index in [-0.39, 0.29) is 0 Å². The molecule has 1 aliphatic rings. The van der Waals surface area contributed by atoms with Crippen LogP contribution in [0.1, 0.15) is 23.8 Å². The molecule has 5 nitrogen and oxygen atoms in total. The molecule has 2 aromatic heterocycles. The van der Waals surface area contributed by atoms with E-state index in [0.717, 1.165) is 12.1 Å². The molecular formula is C18H19ClN4OS2. The van der Waals surface area contributed by atoms with Crippen molar-refractivity contribution in [2.24, 2.45) is 0 Å². The van der Waals surface area contributed by atoms with Crippen LogP contribution in [0.5, 0.6) is 5.75 Å². The summed E-state index contributed by atoms with van der Waals surface area (Å²) in [6, 6.07) is 10.2. The highest BCUT2D eigenvalue weighted by Gasteiger charge is 2.27. The summed E-state index contributed by atoms with van der Waals surface area (Å²) in [5.41, 5.74) is 0.807. The zero-order chi connectivity index (χ0) is 18.1. The number of benzene rings is 1. The van der Waals surface area contributed by atoms with Crippen LogP contribution in [0.15, 0.2) is 35.7 Å². The molecule has 1 saturated heterocycles. The Hall–Kier alpha value is -1.67. The number of ether oxygens (including phenoxy) is 1. The maximum atomic E-state index is 6.15. The van der Waals surface area contributed by atoms with E-state index >= 15 is 0 Å². The molecule has 8 heteroatoms. The molecule has 1 N–H and O–H groups in total. The third kappa shape index (κ3) is 3.44. The Balaban J connectivity index is 1.62. The number of H-pyrrole nitrogens is 1. The van der Waals surface area contributed by atoms with Gasteiger partial charge in [-0.15, -0.1) is 11.3 Å². The fourth-order valence-corrected chi connectivity index (χ4v) is 4.68. The van der Waals surface area contributed by atoms with E-state index in [2.05, 4.69) is 32.5 Å². The zero-order valence-electron chi connectivity index (χ0n) is 14.3. The van der Waals surface area contributed by atoms with Crippen molar-refractivity contribution in [3.05, 3.63) is 50.4 Å². The molecule has 1 atom stereocenters. The Morgan fingerprint density at radius 2 is 2.31 bits per heavy atom. The van der Waals surface area contributed by atoms with Crippen LogP contribution in [-0.4, -0.2) is 33.3 Å². The fraction of sp³-hybridized carbons (Fsp3) is 0.333. The minimum atomic E-state index is 0.448. The number of likely N-dealkylation sites (tertiary alicyclic amines) is 1. The van der Waals surface area contributed by atoms with Crippen molar-refractivity contribution in [2.45, 2.75) is 25.6 Å². The van der Waals surface area contributed by atoms with Crippen molar-refractivity contribution >= 4 is 35.2 Å². The predicted octanol–water partition coefficient (Wildman–Crippen LogP) is 5.13. The van der Waals surface area contributed by atoms with Crippen LogP contribution in [0.4, 0.5) is 0 Å². The first kappa shape index (κ1) is 17.7. The Kier molecular flexibility index (Phi) is 5.13. The third-order valence-corrected chi connectivity index (χ3v) is 6.17. The van der Waals surface area contributed by atoms with Crippen molar-refractivity contribution in [2.75, 3.05) is 13.7 Å². The second kappa shape index (κ2) is 7.52. The van der Waals surface area contributed by atoms with Crippen LogP contribution in [0.3, 0.4) is 0 Å². The van der Waals surface area contributed by atoms with Crippen molar-refractivity contribution < 1.29 is 4.74 Å². The van der Waals surface area contributed by atoms with Crippen LogP contribution in [0.2, 0.25) is 5.02 Å². The number of hydrogen-bond acceptors (Lipinski definition) is 5. The quantitative estimate of drug-likeness (QED) is 0.597. The SMILES string of the molecule is COc1ccc(Cl)cc1-c1nc(=S)n(CN2CCC[C@H]2c2cccs2)[nH]1. The van der Waals surface area contributed by atoms with Gasteiger partial charge < -0.3 is 4.74 Å². The number of halogens is 1. The minimum Gasteiger partial charge on any atom is -0.496 e. The average molecular weight is 407 g/mol. The lowest BCUT2D eigenvalue weighted by molar-refractivity contribution is 0.192. The van der Waals surface area contributed by atoms with E-state index in [1.807, 2.05) is 28.2 Å². The smallest absolute Gasteiger partial charge is 0.217 e. The third-order valence-electron chi connectivity index (χ3n) is 4.65. The van der Waals surface area contributed by atoms with Crippen LogP contribution in [0.25, 0.3) is 11.4 Å². The van der Waals surface area contributed by atoms with Gasteiger partial charge in [0.15, 0.2) is 5.82 Å². The maximum Gasteiger partial charge on any atom is 0.217 e. The first-order chi connectivity index (χ1) is 12.7. The summed E-state index contributed by atoms with van der Waals surface area (Å²) in [4.78, 5) is 8.37. The number of nitrogens with one attached hydrogen (secondary N) is 1. The van der Waals surface area contributed by atoms with Crippen molar-refractivity contribution in [3.8, 4) is 17.1 Å². The second-order valence-electron chi connectivity index (χ2n) is 6.25. The lowest BCUT2D eigenvalue weighted by Gasteiger charge is -2.23. The number of rotatable bonds is 5. The summed E-state index contributed by atoms with van der Waals surface area (Å²) in [7, 11) is 1.63. The molecule has 0 amide bonds. The molecule has 26 heavy (non-hydrogen) atoms. The molecule has 136 valence electrons. The molecule has 0 saturated carbocycles. The standard InChI is InChI=1S/C18H19ClN4OS2/c1-24-15-7-6-12(19)10-13(15)17-20-18(25)23(21-17)11-22-8-2-4-14(22)16-5-3-9-26-16/h3,5-7,9-10,14H,2,4,8,11H2,1H3,(H,20,21,25)/t14-/m0/s1. The van der Waals surface area contributed by atoms with E-state index in [1.54, 1.807) is 13.2 Å². The monoisotopic (exact) mass is 406 g/mol. The van der Waals surface area contributed by atoms with Crippen LogP contribution in [-0.2, 0) is 6.67 Å². The fourth-order valence-electron chi connectivity index (χ4n) is 3.42. The average Bonchev–Trinajstić information content (AvgIpc) is 3.37. The molecule has 0 radical (unpaired) electrons. The Morgan fingerprint density at radius 3 is 3.08 bits per heavy atom.